The van der Waals surface area contributed by atoms with Crippen LogP contribution in [0.25, 0.3) is 10.9 Å². The Bertz CT molecular complexity index is 1160. The van der Waals surface area contributed by atoms with E-state index < -0.39 is 6.10 Å². The van der Waals surface area contributed by atoms with Gasteiger partial charge in [-0.25, -0.2) is 0 Å². The molecule has 0 saturated carbocycles. The average Bonchev–Trinajstić information content (AvgIpc) is 2.83. The van der Waals surface area contributed by atoms with Crippen LogP contribution in [0.5, 0.6) is 0 Å². The number of aliphatic hydroxyl groups excluding tert-OH is 1. The number of aromatic nitrogens is 1. The normalized spacial score (nSPS) is 28.2. The average molecular weight is 411 g/mol. The van der Waals surface area contributed by atoms with Gasteiger partial charge in [0.2, 0.25) is 0 Å². The highest BCUT2D eigenvalue weighted by atomic mass is 16.3. The lowest BCUT2D eigenvalue weighted by atomic mass is 9.71. The van der Waals surface area contributed by atoms with Crippen LogP contribution in [0, 0.1) is 23.2 Å². The van der Waals surface area contributed by atoms with E-state index in [1.54, 1.807) is 6.20 Å². The second-order valence-electron chi connectivity index (χ2n) is 9.17. The van der Waals surface area contributed by atoms with Gasteiger partial charge in [-0.15, -0.1) is 6.58 Å². The van der Waals surface area contributed by atoms with Gasteiger partial charge in [-0.1, -0.05) is 42.5 Å². The number of rotatable bonds is 5. The van der Waals surface area contributed by atoms with Crippen LogP contribution in [0.15, 0.2) is 73.4 Å². The van der Waals surface area contributed by atoms with E-state index in [0.29, 0.717) is 11.8 Å². The highest BCUT2D eigenvalue weighted by Crippen LogP contribution is 2.48. The van der Waals surface area contributed by atoms with Gasteiger partial charge in [0.15, 0.2) is 0 Å². The summed E-state index contributed by atoms with van der Waals surface area (Å²) in [6.45, 7) is 6.88. The molecule has 3 aliphatic rings. The van der Waals surface area contributed by atoms with Gasteiger partial charge in [-0.3, -0.25) is 4.98 Å². The van der Waals surface area contributed by atoms with E-state index in [1.807, 2.05) is 42.5 Å². The third-order valence-electron chi connectivity index (χ3n) is 7.66. The Morgan fingerprint density at radius 3 is 2.84 bits per heavy atom. The number of benzene rings is 2. The predicted octanol–water partition coefficient (Wildman–Crippen LogP) is 4.75. The zero-order valence-electron chi connectivity index (χ0n) is 17.7. The van der Waals surface area contributed by atoms with Crippen molar-refractivity contribution in [1.29, 1.82) is 5.26 Å². The molecule has 5 atom stereocenters. The summed E-state index contributed by atoms with van der Waals surface area (Å²) in [6, 6.07) is 20.4. The zero-order valence-corrected chi connectivity index (χ0v) is 17.7. The van der Waals surface area contributed by atoms with Crippen molar-refractivity contribution in [2.75, 3.05) is 13.1 Å². The highest BCUT2D eigenvalue weighted by molar-refractivity contribution is 5.82. The standard InChI is InChI=1S/C27H28N3O/c1-2-19-17-30(18-22-8-4-3-7-21(22)16-28)14-12-20(19)15-26(30)27(31)24-11-13-29-25-10-6-5-9-23(24)25/h2-11,13,19-20,26-27,31H,1,12,14-15,17-18H2/q+1/t19-,20-,26-,27?,30-/m0/s1. The number of quaternary nitrogens is 1. The van der Waals surface area contributed by atoms with Crippen LogP contribution in [-0.4, -0.2) is 33.7 Å². The third-order valence-corrected chi connectivity index (χ3v) is 7.66. The smallest absolute Gasteiger partial charge is 0.131 e. The van der Waals surface area contributed by atoms with Crippen molar-refractivity contribution in [2.45, 2.75) is 31.5 Å². The number of nitriles is 1. The summed E-state index contributed by atoms with van der Waals surface area (Å²) in [5.41, 5.74) is 3.69. The molecular weight excluding hydrogens is 382 g/mol. The van der Waals surface area contributed by atoms with E-state index in [4.69, 9.17) is 0 Å². The SMILES string of the molecule is C=C[C@H]1C[N@+]2(Cc3ccccc3C#N)CC[C@H]1C[C@H]2C(O)c1ccnc2ccccc12. The van der Waals surface area contributed by atoms with Gasteiger partial charge in [-0.2, -0.15) is 5.26 Å². The highest BCUT2D eigenvalue weighted by Gasteiger charge is 2.54. The Balaban J connectivity index is 1.58. The second-order valence-corrected chi connectivity index (χ2v) is 9.17. The van der Waals surface area contributed by atoms with Gasteiger partial charge < -0.3 is 9.59 Å². The van der Waals surface area contributed by atoms with Gasteiger partial charge in [-0.05, 0) is 29.7 Å². The predicted molar refractivity (Wildman–Crippen MR) is 122 cm³/mol. The van der Waals surface area contributed by atoms with Crippen molar-refractivity contribution in [3.05, 3.63) is 90.1 Å². The van der Waals surface area contributed by atoms with Crippen LogP contribution in [0.4, 0.5) is 0 Å². The molecule has 2 bridgehead atoms. The fraction of sp³-hybridized carbons (Fsp3) is 0.333. The Morgan fingerprint density at radius 1 is 1.19 bits per heavy atom. The fourth-order valence-corrected chi connectivity index (χ4v) is 6.07. The Labute approximate surface area is 183 Å². The minimum Gasteiger partial charge on any atom is -0.382 e. The molecule has 1 N–H and O–H groups in total. The summed E-state index contributed by atoms with van der Waals surface area (Å²) >= 11 is 0. The first-order valence-electron chi connectivity index (χ1n) is 11.1. The molecule has 0 spiro atoms. The third kappa shape index (κ3) is 3.35. The lowest BCUT2D eigenvalue weighted by Crippen LogP contribution is -2.67. The van der Waals surface area contributed by atoms with E-state index >= 15 is 0 Å². The van der Waals surface area contributed by atoms with Gasteiger partial charge in [0.05, 0.1) is 30.2 Å². The lowest BCUT2D eigenvalue weighted by molar-refractivity contribution is -0.985. The largest absolute Gasteiger partial charge is 0.382 e. The van der Waals surface area contributed by atoms with Crippen molar-refractivity contribution in [3.63, 3.8) is 0 Å². The molecule has 0 radical (unpaired) electrons. The molecule has 2 aromatic carbocycles. The molecule has 1 unspecified atom stereocenters. The monoisotopic (exact) mass is 410 g/mol. The Kier molecular flexibility index (Phi) is 5.09. The van der Waals surface area contributed by atoms with Gasteiger partial charge in [0, 0.05) is 35.9 Å². The second kappa shape index (κ2) is 7.92. The van der Waals surface area contributed by atoms with Crippen molar-refractivity contribution in [2.24, 2.45) is 11.8 Å². The molecule has 1 aromatic heterocycles. The number of hydrogen-bond acceptors (Lipinski definition) is 3. The molecule has 4 heteroatoms. The summed E-state index contributed by atoms with van der Waals surface area (Å²) in [5.74, 6) is 1.03. The molecule has 4 nitrogen and oxygen atoms in total. The fourth-order valence-electron chi connectivity index (χ4n) is 6.07. The molecule has 0 amide bonds. The van der Waals surface area contributed by atoms with E-state index in [0.717, 1.165) is 64.6 Å². The van der Waals surface area contributed by atoms with Gasteiger partial charge >= 0.3 is 0 Å². The number of piperidine rings is 3. The number of nitrogens with zero attached hydrogens (tertiary/aromatic N) is 3. The van der Waals surface area contributed by atoms with Crippen molar-refractivity contribution < 1.29 is 9.59 Å². The minimum atomic E-state index is -0.573. The lowest BCUT2D eigenvalue weighted by Gasteiger charge is -2.58. The van der Waals surface area contributed by atoms with Crippen LogP contribution in [0.3, 0.4) is 0 Å². The maximum absolute atomic E-state index is 11.8. The number of aliphatic hydroxyl groups is 1. The summed E-state index contributed by atoms with van der Waals surface area (Å²) < 4.78 is 0.809. The summed E-state index contributed by atoms with van der Waals surface area (Å²) in [4.78, 5) is 4.48. The minimum absolute atomic E-state index is 0.0903. The van der Waals surface area contributed by atoms with Crippen LogP contribution in [0.2, 0.25) is 0 Å². The van der Waals surface area contributed by atoms with Crippen LogP contribution in [0.1, 0.15) is 35.6 Å². The van der Waals surface area contributed by atoms with Gasteiger partial charge in [0.1, 0.15) is 18.7 Å². The molecule has 156 valence electrons. The van der Waals surface area contributed by atoms with Crippen LogP contribution >= 0.6 is 0 Å². The van der Waals surface area contributed by atoms with Crippen molar-refractivity contribution >= 4 is 10.9 Å². The van der Waals surface area contributed by atoms with Crippen LogP contribution < -0.4 is 0 Å². The summed E-state index contributed by atoms with van der Waals surface area (Å²) in [5, 5.41) is 22.4. The first-order chi connectivity index (χ1) is 15.1. The summed E-state index contributed by atoms with van der Waals surface area (Å²) in [7, 11) is 0. The number of pyridine rings is 1. The first-order valence-corrected chi connectivity index (χ1v) is 11.1. The number of para-hydroxylation sites is 1. The number of hydrogen-bond donors (Lipinski definition) is 1. The number of fused-ring (bicyclic) bond motifs is 4. The molecule has 4 heterocycles. The molecule has 3 aliphatic heterocycles. The topological polar surface area (TPSA) is 56.9 Å². The molecule has 31 heavy (non-hydrogen) atoms. The quantitative estimate of drug-likeness (QED) is 0.488. The van der Waals surface area contributed by atoms with Crippen molar-refractivity contribution in [3.8, 4) is 6.07 Å². The molecule has 3 aromatic rings. The van der Waals surface area contributed by atoms with E-state index in [1.165, 1.54) is 0 Å². The van der Waals surface area contributed by atoms with E-state index in [2.05, 4.69) is 35.8 Å². The molecular formula is C27H28N3O+. The van der Waals surface area contributed by atoms with E-state index in [-0.39, 0.29) is 6.04 Å². The molecule has 0 aliphatic carbocycles. The molecule has 6 rings (SSSR count). The molecule has 3 saturated heterocycles. The maximum Gasteiger partial charge on any atom is 0.131 e. The maximum atomic E-state index is 11.8. The van der Waals surface area contributed by atoms with Gasteiger partial charge in [0.25, 0.3) is 0 Å². The molecule has 3 fully saturated rings. The van der Waals surface area contributed by atoms with Crippen molar-refractivity contribution in [1.82, 2.24) is 4.98 Å². The first kappa shape index (κ1) is 19.9. The zero-order chi connectivity index (χ0) is 21.4. The Hall–Kier alpha value is -3.00. The summed E-state index contributed by atoms with van der Waals surface area (Å²) in [6.07, 6.45) is 5.46. The van der Waals surface area contributed by atoms with Crippen LogP contribution in [-0.2, 0) is 6.54 Å². The van der Waals surface area contributed by atoms with E-state index in [9.17, 15) is 10.4 Å². The Morgan fingerprint density at radius 2 is 2.00 bits per heavy atom.